The number of nitrogens with zero attached hydrogens (tertiary/aromatic N) is 1. The fraction of sp³-hybridized carbons (Fsp3) is 0.462. The predicted molar refractivity (Wildman–Crippen MR) is 72.1 cm³/mol. The summed E-state index contributed by atoms with van der Waals surface area (Å²) in [7, 11) is 0. The predicted octanol–water partition coefficient (Wildman–Crippen LogP) is 1.84. The molecule has 0 bridgehead atoms. The van der Waals surface area contributed by atoms with Crippen molar-refractivity contribution in [3.05, 3.63) is 33.9 Å². The molecule has 6 nitrogen and oxygen atoms in total. The summed E-state index contributed by atoms with van der Waals surface area (Å²) < 4.78 is 0. The number of nitro groups is 1. The quantitative estimate of drug-likeness (QED) is 0.643. The molecular formula is C13H17N3O3. The molecule has 1 aliphatic rings. The maximum absolute atomic E-state index is 12.1. The van der Waals surface area contributed by atoms with Crippen LogP contribution >= 0.6 is 0 Å². The second-order valence-electron chi connectivity index (χ2n) is 4.74. The maximum atomic E-state index is 12.1. The van der Waals surface area contributed by atoms with Crippen LogP contribution in [-0.2, 0) is 4.79 Å². The summed E-state index contributed by atoms with van der Waals surface area (Å²) in [6.07, 6.45) is 1.83. The molecule has 0 aromatic heterocycles. The van der Waals surface area contributed by atoms with Crippen LogP contribution in [0.3, 0.4) is 0 Å². The third-order valence-corrected chi connectivity index (χ3v) is 3.43. The van der Waals surface area contributed by atoms with Crippen LogP contribution in [0, 0.1) is 23.0 Å². The van der Waals surface area contributed by atoms with Gasteiger partial charge < -0.3 is 10.6 Å². The minimum absolute atomic E-state index is 0.0274. The van der Waals surface area contributed by atoms with E-state index in [1.807, 2.05) is 0 Å². The van der Waals surface area contributed by atoms with E-state index in [9.17, 15) is 14.9 Å². The number of nitrogens with one attached hydrogen (secondary N) is 2. The number of hydrogen-bond donors (Lipinski definition) is 2. The van der Waals surface area contributed by atoms with E-state index in [4.69, 9.17) is 0 Å². The van der Waals surface area contributed by atoms with Crippen molar-refractivity contribution in [2.24, 2.45) is 5.92 Å². The number of rotatable bonds is 3. The summed E-state index contributed by atoms with van der Waals surface area (Å²) in [5.41, 5.74) is 1.04. The number of nitro benzene ring substituents is 1. The molecule has 1 heterocycles. The Balaban J connectivity index is 2.12. The van der Waals surface area contributed by atoms with Gasteiger partial charge in [-0.3, -0.25) is 14.9 Å². The zero-order valence-corrected chi connectivity index (χ0v) is 10.8. The first-order chi connectivity index (χ1) is 9.09. The van der Waals surface area contributed by atoms with E-state index < -0.39 is 4.92 Å². The number of carbonyl (C=O) groups excluding carboxylic acids is 1. The smallest absolute Gasteiger partial charge is 0.274 e. The van der Waals surface area contributed by atoms with Crippen molar-refractivity contribution in [3.8, 4) is 0 Å². The Morgan fingerprint density at radius 1 is 1.53 bits per heavy atom. The Morgan fingerprint density at radius 2 is 2.32 bits per heavy atom. The van der Waals surface area contributed by atoms with Crippen molar-refractivity contribution in [3.63, 3.8) is 0 Å². The van der Waals surface area contributed by atoms with Gasteiger partial charge in [0.05, 0.1) is 22.1 Å². The molecule has 2 rings (SSSR count). The summed E-state index contributed by atoms with van der Waals surface area (Å²) in [4.78, 5) is 22.5. The van der Waals surface area contributed by atoms with Gasteiger partial charge in [0.1, 0.15) is 0 Å². The topological polar surface area (TPSA) is 84.3 Å². The van der Waals surface area contributed by atoms with Crippen LogP contribution in [0.15, 0.2) is 18.2 Å². The normalized spacial score (nSPS) is 18.9. The average molecular weight is 263 g/mol. The molecule has 6 heteroatoms. The highest BCUT2D eigenvalue weighted by molar-refractivity contribution is 5.94. The highest BCUT2D eigenvalue weighted by Gasteiger charge is 2.22. The van der Waals surface area contributed by atoms with Crippen LogP contribution in [0.4, 0.5) is 11.4 Å². The summed E-state index contributed by atoms with van der Waals surface area (Å²) >= 11 is 0. The average Bonchev–Trinajstić information content (AvgIpc) is 2.41. The molecule has 1 unspecified atom stereocenters. The minimum atomic E-state index is -0.437. The van der Waals surface area contributed by atoms with Crippen molar-refractivity contribution in [2.45, 2.75) is 19.8 Å². The Kier molecular flexibility index (Phi) is 4.11. The summed E-state index contributed by atoms with van der Waals surface area (Å²) in [5, 5.41) is 16.8. The highest BCUT2D eigenvalue weighted by atomic mass is 16.6. The number of piperidine rings is 1. The van der Waals surface area contributed by atoms with Crippen molar-refractivity contribution in [1.29, 1.82) is 0 Å². The fourth-order valence-corrected chi connectivity index (χ4v) is 2.27. The monoisotopic (exact) mass is 263 g/mol. The van der Waals surface area contributed by atoms with Gasteiger partial charge in [-0.1, -0.05) is 6.07 Å². The number of amides is 1. The molecule has 1 amide bonds. The largest absolute Gasteiger partial charge is 0.325 e. The second kappa shape index (κ2) is 5.79. The molecule has 1 aromatic rings. The minimum Gasteiger partial charge on any atom is -0.325 e. The first kappa shape index (κ1) is 13.5. The molecule has 19 heavy (non-hydrogen) atoms. The van der Waals surface area contributed by atoms with Gasteiger partial charge in [0.15, 0.2) is 0 Å². The van der Waals surface area contributed by atoms with Gasteiger partial charge in [-0.2, -0.15) is 0 Å². The van der Waals surface area contributed by atoms with Gasteiger partial charge in [-0.15, -0.1) is 0 Å². The summed E-state index contributed by atoms with van der Waals surface area (Å²) in [6.45, 7) is 3.26. The van der Waals surface area contributed by atoms with Crippen LogP contribution in [0.5, 0.6) is 0 Å². The Hall–Kier alpha value is -1.95. The number of anilines is 1. The van der Waals surface area contributed by atoms with Gasteiger partial charge in [-0.05, 0) is 32.4 Å². The zero-order valence-electron chi connectivity index (χ0n) is 10.8. The van der Waals surface area contributed by atoms with Gasteiger partial charge in [0.2, 0.25) is 5.91 Å². The molecule has 102 valence electrons. The second-order valence-corrected chi connectivity index (χ2v) is 4.74. The molecule has 0 saturated carbocycles. The molecule has 0 aliphatic carbocycles. The van der Waals surface area contributed by atoms with Gasteiger partial charge in [-0.25, -0.2) is 0 Å². The summed E-state index contributed by atoms with van der Waals surface area (Å²) in [6, 6.07) is 4.71. The van der Waals surface area contributed by atoms with Crippen molar-refractivity contribution in [1.82, 2.24) is 5.32 Å². The molecule has 1 saturated heterocycles. The third kappa shape index (κ3) is 3.08. The SMILES string of the molecule is Cc1c(NC(=O)C2CCCNC2)cccc1[N+](=O)[O-]. The van der Waals surface area contributed by atoms with E-state index in [1.165, 1.54) is 6.07 Å². The first-order valence-electron chi connectivity index (χ1n) is 6.35. The third-order valence-electron chi connectivity index (χ3n) is 3.43. The standard InChI is InChI=1S/C13H17N3O3/c1-9-11(5-2-6-12(9)16(18)19)15-13(17)10-4-3-7-14-8-10/h2,5-6,10,14H,3-4,7-8H2,1H3,(H,15,17). The van der Waals surface area contributed by atoms with Crippen LogP contribution in [-0.4, -0.2) is 23.9 Å². The lowest BCUT2D eigenvalue weighted by atomic mass is 9.98. The maximum Gasteiger partial charge on any atom is 0.274 e. The Morgan fingerprint density at radius 3 is 2.95 bits per heavy atom. The number of hydrogen-bond acceptors (Lipinski definition) is 4. The van der Waals surface area contributed by atoms with Crippen LogP contribution in [0.1, 0.15) is 18.4 Å². The molecule has 1 aromatic carbocycles. The number of benzene rings is 1. The molecule has 1 atom stereocenters. The van der Waals surface area contributed by atoms with Crippen molar-refractivity contribution < 1.29 is 9.72 Å². The van der Waals surface area contributed by atoms with E-state index in [1.54, 1.807) is 19.1 Å². The molecule has 0 spiro atoms. The lowest BCUT2D eigenvalue weighted by Crippen LogP contribution is -2.37. The van der Waals surface area contributed by atoms with Gasteiger partial charge in [0.25, 0.3) is 5.69 Å². The highest BCUT2D eigenvalue weighted by Crippen LogP contribution is 2.25. The van der Waals surface area contributed by atoms with E-state index in [2.05, 4.69) is 10.6 Å². The number of carbonyl (C=O) groups is 1. The van der Waals surface area contributed by atoms with Gasteiger partial charge >= 0.3 is 0 Å². The first-order valence-corrected chi connectivity index (χ1v) is 6.35. The van der Waals surface area contributed by atoms with Crippen LogP contribution in [0.2, 0.25) is 0 Å². The zero-order chi connectivity index (χ0) is 13.8. The van der Waals surface area contributed by atoms with Crippen LogP contribution < -0.4 is 10.6 Å². The lowest BCUT2D eigenvalue weighted by Gasteiger charge is -2.22. The van der Waals surface area contributed by atoms with Gasteiger partial charge in [0, 0.05) is 12.6 Å². The molecular weight excluding hydrogens is 246 g/mol. The Labute approximate surface area is 111 Å². The lowest BCUT2D eigenvalue weighted by molar-refractivity contribution is -0.385. The fourth-order valence-electron chi connectivity index (χ4n) is 2.27. The van der Waals surface area contributed by atoms with E-state index in [0.717, 1.165) is 19.4 Å². The molecule has 2 N–H and O–H groups in total. The van der Waals surface area contributed by atoms with Crippen molar-refractivity contribution >= 4 is 17.3 Å². The molecule has 1 fully saturated rings. The van der Waals surface area contributed by atoms with Crippen LogP contribution in [0.25, 0.3) is 0 Å². The Bertz CT molecular complexity index is 496. The van der Waals surface area contributed by atoms with E-state index in [0.29, 0.717) is 17.8 Å². The van der Waals surface area contributed by atoms with Crippen molar-refractivity contribution in [2.75, 3.05) is 18.4 Å². The van der Waals surface area contributed by atoms with E-state index >= 15 is 0 Å². The van der Waals surface area contributed by atoms with E-state index in [-0.39, 0.29) is 17.5 Å². The molecule has 1 aliphatic heterocycles. The summed E-state index contributed by atoms with van der Waals surface area (Å²) in [5.74, 6) is -0.136. The molecule has 0 radical (unpaired) electrons.